The molecule has 0 aromatic carbocycles. The Labute approximate surface area is 84.7 Å². The Morgan fingerprint density at radius 3 is 1.67 bits per heavy atom. The van der Waals surface area contributed by atoms with E-state index in [-0.39, 0.29) is 52.8 Å². The Kier molecular flexibility index (Phi) is 6.80. The average molecular weight is 156 g/mol. The molecule has 0 bridgehead atoms. The van der Waals surface area contributed by atoms with Crippen molar-refractivity contribution in [3.8, 4) is 0 Å². The zero-order valence-electron chi connectivity index (χ0n) is 4.18. The Hall–Kier alpha value is 1.84. The number of rotatable bonds is 0. The monoisotopic (exact) mass is 155 g/mol. The summed E-state index contributed by atoms with van der Waals surface area (Å²) in [5.74, 6) is 0. The molecule has 0 spiro atoms. The third-order valence-corrected chi connectivity index (χ3v) is 0. The minimum absolute atomic E-state index is 0. The van der Waals surface area contributed by atoms with Crippen molar-refractivity contribution in [1.29, 1.82) is 0 Å². The Morgan fingerprint density at radius 1 is 1.67 bits per heavy atom. The molecule has 0 amide bonds. The van der Waals surface area contributed by atoms with Gasteiger partial charge < -0.3 is 1.43 Å². The van der Waals surface area contributed by atoms with Crippen LogP contribution in [0.15, 0.2) is 0 Å². The third kappa shape index (κ3) is 40.5. The van der Waals surface area contributed by atoms with E-state index in [0.29, 0.717) is 0 Å². The summed E-state index contributed by atoms with van der Waals surface area (Å²) in [7, 11) is 0.586. The second-order valence-electron chi connectivity index (χ2n) is 0.476. The van der Waals surface area contributed by atoms with Crippen LogP contribution in [0.2, 0.25) is 0 Å². The molecular weight excluding hydrogens is 153 g/mol. The van der Waals surface area contributed by atoms with Crippen molar-refractivity contribution in [3.63, 3.8) is 0 Å². The van der Waals surface area contributed by atoms with Crippen LogP contribution in [0.25, 0.3) is 0 Å². The van der Waals surface area contributed by atoms with Gasteiger partial charge in [-0.25, -0.2) is 5.14 Å². The van der Waals surface area contributed by atoms with Crippen LogP contribution in [0, 0.1) is 0 Å². The fourth-order valence-electron chi connectivity index (χ4n) is 0. The van der Waals surface area contributed by atoms with Gasteiger partial charge in [0.1, 0.15) is 0 Å². The molecule has 0 aliphatic heterocycles. The number of halogens is 1. The van der Waals surface area contributed by atoms with Gasteiger partial charge in [-0.3, -0.25) is 0 Å². The van der Waals surface area contributed by atoms with Crippen LogP contribution >= 0.6 is 10.7 Å². The molecule has 0 radical (unpaired) electrons. The summed E-state index contributed by atoms with van der Waals surface area (Å²) in [6, 6.07) is 0. The molecule has 0 aromatic heterocycles. The normalized spacial score (nSPS) is 9.67. The summed E-state index contributed by atoms with van der Waals surface area (Å²) in [4.78, 5) is 0. The molecular formula is H3ClKNO2S. The van der Waals surface area contributed by atoms with E-state index < -0.39 is 9.24 Å². The number of hydrogen-bond donors (Lipinski definition) is 1. The maximum Gasteiger partial charge on any atom is 1.00 e. The fraction of sp³-hybridized carbons (Fsp3) is 0. The zero-order chi connectivity index (χ0) is 4.50. The van der Waals surface area contributed by atoms with Crippen LogP contribution in [-0.4, -0.2) is 8.42 Å². The van der Waals surface area contributed by atoms with Gasteiger partial charge in [-0.05, 0) is 0 Å². The van der Waals surface area contributed by atoms with Gasteiger partial charge in [-0.2, -0.15) is 8.42 Å². The minimum atomic E-state index is -3.69. The Balaban J connectivity index is -0.0000000800. The van der Waals surface area contributed by atoms with Crippen LogP contribution in [0.5, 0.6) is 0 Å². The molecule has 2 N–H and O–H groups in total. The van der Waals surface area contributed by atoms with Crippen molar-refractivity contribution >= 4 is 19.9 Å². The maximum absolute atomic E-state index is 9.18. The number of hydrogen-bond acceptors (Lipinski definition) is 2. The van der Waals surface area contributed by atoms with E-state index in [1.165, 1.54) is 0 Å². The molecule has 0 aromatic rings. The van der Waals surface area contributed by atoms with Crippen LogP contribution in [-0.2, 0) is 9.24 Å². The third-order valence-electron chi connectivity index (χ3n) is 0. The van der Waals surface area contributed by atoms with Gasteiger partial charge in [0.05, 0.1) is 0 Å². The topological polar surface area (TPSA) is 60.2 Å². The molecule has 0 aliphatic carbocycles. The molecule has 0 unspecified atom stereocenters. The first-order valence-corrected chi connectivity index (χ1v) is 3.10. The summed E-state index contributed by atoms with van der Waals surface area (Å²) in [6.45, 7) is 0. The van der Waals surface area contributed by atoms with Crippen LogP contribution < -0.4 is 56.5 Å². The van der Waals surface area contributed by atoms with Crippen molar-refractivity contribution < 1.29 is 61.2 Å². The van der Waals surface area contributed by atoms with Crippen molar-refractivity contribution in [1.82, 2.24) is 0 Å². The van der Waals surface area contributed by atoms with Gasteiger partial charge in [-0.15, -0.1) is 0 Å². The Bertz CT molecular complexity index is 101. The van der Waals surface area contributed by atoms with Gasteiger partial charge in [0, 0.05) is 10.7 Å². The van der Waals surface area contributed by atoms with E-state index in [4.69, 9.17) is 0 Å². The van der Waals surface area contributed by atoms with Gasteiger partial charge >= 0.3 is 51.4 Å². The van der Waals surface area contributed by atoms with Crippen LogP contribution in [0.3, 0.4) is 0 Å². The molecule has 0 fully saturated rings. The van der Waals surface area contributed by atoms with Gasteiger partial charge in [0.2, 0.25) is 0 Å². The Morgan fingerprint density at radius 2 is 1.67 bits per heavy atom. The summed E-state index contributed by atoms with van der Waals surface area (Å²) < 4.78 is 18.4. The fourth-order valence-corrected chi connectivity index (χ4v) is 0. The van der Waals surface area contributed by atoms with Crippen LogP contribution in [0.1, 0.15) is 1.43 Å². The molecule has 0 atom stereocenters. The van der Waals surface area contributed by atoms with Gasteiger partial charge in [0.15, 0.2) is 0 Å². The standard InChI is InChI=1S/ClH2NO2S.K.H/c1-5(2,3)4;;/h(H2,2,3,4);;/q;+1;-1. The first-order valence-electron chi connectivity index (χ1n) is 0.723. The average Bonchev–Trinajstić information content (AvgIpc) is 0.722. The molecule has 0 aliphatic rings. The molecule has 3 nitrogen and oxygen atoms in total. The zero-order valence-corrected chi connectivity index (χ0v) is 7.88. The minimum Gasteiger partial charge on any atom is -1.00 e. The summed E-state index contributed by atoms with van der Waals surface area (Å²) >= 11 is 0. The van der Waals surface area contributed by atoms with E-state index in [9.17, 15) is 8.42 Å². The molecule has 0 rings (SSSR count). The molecule has 6 heavy (non-hydrogen) atoms. The summed E-state index contributed by atoms with van der Waals surface area (Å²) in [5.41, 5.74) is 0. The second-order valence-corrected chi connectivity index (χ2v) is 2.72. The van der Waals surface area contributed by atoms with E-state index in [1.807, 2.05) is 0 Å². The smallest absolute Gasteiger partial charge is 1.00 e. The van der Waals surface area contributed by atoms with Gasteiger partial charge in [0.25, 0.3) is 9.24 Å². The number of nitrogens with two attached hydrogens (primary N) is 1. The van der Waals surface area contributed by atoms with Crippen molar-refractivity contribution in [2.45, 2.75) is 0 Å². The first-order chi connectivity index (χ1) is 2.00. The molecule has 0 saturated heterocycles. The molecule has 6 heteroatoms. The molecule has 0 saturated carbocycles. The molecule has 0 heterocycles. The SMILES string of the molecule is NS(=O)(=O)Cl.[H-].[K+]. The first kappa shape index (κ1) is 10.8. The van der Waals surface area contributed by atoms with E-state index in [1.54, 1.807) is 0 Å². The van der Waals surface area contributed by atoms with E-state index in [0.717, 1.165) is 0 Å². The predicted octanol–water partition coefficient (Wildman–Crippen LogP) is -3.45. The van der Waals surface area contributed by atoms with Crippen LogP contribution in [0.4, 0.5) is 0 Å². The summed E-state index contributed by atoms with van der Waals surface area (Å²) in [6.07, 6.45) is 0. The maximum atomic E-state index is 9.18. The predicted molar refractivity (Wildman–Crippen MR) is 20.1 cm³/mol. The van der Waals surface area contributed by atoms with Crippen molar-refractivity contribution in [3.05, 3.63) is 0 Å². The van der Waals surface area contributed by atoms with Crippen molar-refractivity contribution in [2.24, 2.45) is 5.14 Å². The van der Waals surface area contributed by atoms with Gasteiger partial charge in [-0.1, -0.05) is 0 Å². The summed E-state index contributed by atoms with van der Waals surface area (Å²) in [5, 5.41) is 4.09. The second kappa shape index (κ2) is 3.79. The largest absolute Gasteiger partial charge is 1.00 e. The van der Waals surface area contributed by atoms with Crippen molar-refractivity contribution in [2.75, 3.05) is 0 Å². The quantitative estimate of drug-likeness (QED) is 0.292. The molecule has 34 valence electrons. The van der Waals surface area contributed by atoms with E-state index in [2.05, 4.69) is 15.8 Å². The van der Waals surface area contributed by atoms with E-state index >= 15 is 0 Å².